The van der Waals surface area contributed by atoms with Crippen LogP contribution in [0.25, 0.3) is 22.4 Å². The molecule has 3 aromatic carbocycles. The molecule has 0 atom stereocenters. The van der Waals surface area contributed by atoms with Crippen LogP contribution in [0.3, 0.4) is 0 Å². The Morgan fingerprint density at radius 3 is 2.33 bits per heavy atom. The number of aromatic nitrogens is 2. The van der Waals surface area contributed by atoms with E-state index in [1.54, 1.807) is 14.2 Å². The van der Waals surface area contributed by atoms with Crippen molar-refractivity contribution >= 4 is 11.0 Å². The van der Waals surface area contributed by atoms with E-state index in [9.17, 15) is 0 Å². The number of nitrogens with zero attached hydrogens (tertiary/aromatic N) is 2. The van der Waals surface area contributed by atoms with Crippen LogP contribution in [0, 0.1) is 6.92 Å². The van der Waals surface area contributed by atoms with Gasteiger partial charge < -0.3 is 14.0 Å². The highest BCUT2D eigenvalue weighted by molar-refractivity contribution is 5.81. The van der Waals surface area contributed by atoms with Gasteiger partial charge in [0, 0.05) is 12.1 Å². The van der Waals surface area contributed by atoms with Gasteiger partial charge in [-0.15, -0.1) is 0 Å². The van der Waals surface area contributed by atoms with Crippen molar-refractivity contribution in [3.8, 4) is 22.9 Å². The molecule has 4 aromatic rings. The summed E-state index contributed by atoms with van der Waals surface area (Å²) in [5.74, 6) is 2.32. The minimum Gasteiger partial charge on any atom is -0.493 e. The lowest BCUT2D eigenvalue weighted by Gasteiger charge is -2.12. The Balaban J connectivity index is 1.86. The van der Waals surface area contributed by atoms with Crippen LogP contribution in [0.1, 0.15) is 11.1 Å². The van der Waals surface area contributed by atoms with Crippen molar-refractivity contribution in [2.75, 3.05) is 14.2 Å². The molecule has 1 aromatic heterocycles. The fourth-order valence-corrected chi connectivity index (χ4v) is 3.31. The summed E-state index contributed by atoms with van der Waals surface area (Å²) in [6.07, 6.45) is 0. The molecule has 0 aliphatic heterocycles. The van der Waals surface area contributed by atoms with E-state index < -0.39 is 0 Å². The average Bonchev–Trinajstić information content (AvgIpc) is 3.07. The SMILES string of the molecule is COc1ccc(-c2nc3ccccc3n2Cc2ccc(C)cc2)cc1OC. The highest BCUT2D eigenvalue weighted by Crippen LogP contribution is 2.33. The van der Waals surface area contributed by atoms with Gasteiger partial charge in [-0.1, -0.05) is 42.0 Å². The van der Waals surface area contributed by atoms with Crippen LogP contribution in [0.2, 0.25) is 0 Å². The molecule has 0 saturated heterocycles. The Kier molecular flexibility index (Phi) is 4.55. The predicted octanol–water partition coefficient (Wildman–Crippen LogP) is 5.08. The van der Waals surface area contributed by atoms with Crippen LogP contribution < -0.4 is 9.47 Å². The molecule has 136 valence electrons. The van der Waals surface area contributed by atoms with Gasteiger partial charge in [0.05, 0.1) is 25.3 Å². The second kappa shape index (κ2) is 7.16. The summed E-state index contributed by atoms with van der Waals surface area (Å²) in [7, 11) is 3.29. The van der Waals surface area contributed by atoms with Crippen LogP contribution >= 0.6 is 0 Å². The zero-order valence-electron chi connectivity index (χ0n) is 15.8. The topological polar surface area (TPSA) is 36.3 Å². The number of aryl methyl sites for hydroxylation is 1. The van der Waals surface area contributed by atoms with E-state index in [1.807, 2.05) is 36.4 Å². The van der Waals surface area contributed by atoms with Crippen molar-refractivity contribution in [1.29, 1.82) is 0 Å². The van der Waals surface area contributed by atoms with Gasteiger partial charge in [0.1, 0.15) is 5.82 Å². The molecule has 0 fully saturated rings. The molecule has 0 aliphatic carbocycles. The number of para-hydroxylation sites is 2. The summed E-state index contributed by atoms with van der Waals surface area (Å²) in [5.41, 5.74) is 5.59. The second-order valence-corrected chi connectivity index (χ2v) is 6.57. The summed E-state index contributed by atoms with van der Waals surface area (Å²) in [6, 6.07) is 22.8. The smallest absolute Gasteiger partial charge is 0.161 e. The molecule has 0 bridgehead atoms. The summed E-state index contributed by atoms with van der Waals surface area (Å²) >= 11 is 0. The van der Waals surface area contributed by atoms with E-state index in [0.717, 1.165) is 29.0 Å². The predicted molar refractivity (Wildman–Crippen MR) is 109 cm³/mol. The van der Waals surface area contributed by atoms with E-state index in [-0.39, 0.29) is 0 Å². The van der Waals surface area contributed by atoms with E-state index in [4.69, 9.17) is 14.5 Å². The monoisotopic (exact) mass is 358 g/mol. The van der Waals surface area contributed by atoms with Crippen molar-refractivity contribution < 1.29 is 9.47 Å². The van der Waals surface area contributed by atoms with Crippen LogP contribution in [0.5, 0.6) is 11.5 Å². The number of ether oxygens (including phenoxy) is 2. The highest BCUT2D eigenvalue weighted by atomic mass is 16.5. The fraction of sp³-hybridized carbons (Fsp3) is 0.174. The van der Waals surface area contributed by atoms with Crippen LogP contribution in [0.15, 0.2) is 66.7 Å². The summed E-state index contributed by atoms with van der Waals surface area (Å²) in [5, 5.41) is 0. The first kappa shape index (κ1) is 17.2. The average molecular weight is 358 g/mol. The summed E-state index contributed by atoms with van der Waals surface area (Å²) < 4.78 is 13.1. The number of fused-ring (bicyclic) bond motifs is 1. The maximum Gasteiger partial charge on any atom is 0.161 e. The Morgan fingerprint density at radius 1 is 0.852 bits per heavy atom. The minimum absolute atomic E-state index is 0.698. The molecule has 0 amide bonds. The second-order valence-electron chi connectivity index (χ2n) is 6.57. The third kappa shape index (κ3) is 3.26. The number of methoxy groups -OCH3 is 2. The molecule has 0 spiro atoms. The third-order valence-electron chi connectivity index (χ3n) is 4.76. The van der Waals surface area contributed by atoms with E-state index >= 15 is 0 Å². The largest absolute Gasteiger partial charge is 0.493 e. The zero-order chi connectivity index (χ0) is 18.8. The van der Waals surface area contributed by atoms with Gasteiger partial charge in [0.15, 0.2) is 11.5 Å². The molecule has 0 saturated carbocycles. The van der Waals surface area contributed by atoms with Crippen LogP contribution in [0.4, 0.5) is 0 Å². The minimum atomic E-state index is 0.698. The first-order valence-corrected chi connectivity index (χ1v) is 8.93. The highest BCUT2D eigenvalue weighted by Gasteiger charge is 2.15. The Bertz CT molecular complexity index is 1080. The number of benzene rings is 3. The summed E-state index contributed by atoms with van der Waals surface area (Å²) in [4.78, 5) is 4.89. The lowest BCUT2D eigenvalue weighted by atomic mass is 10.1. The van der Waals surface area contributed by atoms with Crippen molar-refractivity contribution in [3.63, 3.8) is 0 Å². The number of rotatable bonds is 5. The molecule has 0 aliphatic rings. The fourth-order valence-electron chi connectivity index (χ4n) is 3.31. The molecule has 0 N–H and O–H groups in total. The molecule has 4 rings (SSSR count). The van der Waals surface area contributed by atoms with Gasteiger partial charge in [-0.05, 0) is 42.8 Å². The Hall–Kier alpha value is -3.27. The molecular weight excluding hydrogens is 336 g/mol. The summed E-state index contributed by atoms with van der Waals surface area (Å²) in [6.45, 7) is 2.86. The number of hydrogen-bond acceptors (Lipinski definition) is 3. The molecule has 4 nitrogen and oxygen atoms in total. The number of imidazole rings is 1. The first-order valence-electron chi connectivity index (χ1n) is 8.93. The lowest BCUT2D eigenvalue weighted by Crippen LogP contribution is -2.02. The quantitative estimate of drug-likeness (QED) is 0.499. The first-order chi connectivity index (χ1) is 13.2. The Labute approximate surface area is 159 Å². The van der Waals surface area contributed by atoms with Crippen LogP contribution in [-0.2, 0) is 6.54 Å². The van der Waals surface area contributed by atoms with Gasteiger partial charge >= 0.3 is 0 Å². The standard InChI is InChI=1S/C23H22N2O2/c1-16-8-10-17(11-9-16)15-25-20-7-5-4-6-19(20)24-23(25)18-12-13-21(26-2)22(14-18)27-3/h4-14H,15H2,1-3H3. The Morgan fingerprint density at radius 2 is 1.59 bits per heavy atom. The van der Waals surface area contributed by atoms with E-state index in [1.165, 1.54) is 11.1 Å². The third-order valence-corrected chi connectivity index (χ3v) is 4.76. The van der Waals surface area contributed by atoms with Crippen molar-refractivity contribution in [2.45, 2.75) is 13.5 Å². The molecule has 0 unspecified atom stereocenters. The molecule has 0 radical (unpaired) electrons. The van der Waals surface area contributed by atoms with Gasteiger partial charge in [-0.2, -0.15) is 0 Å². The number of hydrogen-bond donors (Lipinski definition) is 0. The van der Waals surface area contributed by atoms with Crippen molar-refractivity contribution in [1.82, 2.24) is 9.55 Å². The molecule has 1 heterocycles. The van der Waals surface area contributed by atoms with E-state index in [0.29, 0.717) is 11.5 Å². The van der Waals surface area contributed by atoms with Gasteiger partial charge in [0.25, 0.3) is 0 Å². The molecular formula is C23H22N2O2. The molecule has 27 heavy (non-hydrogen) atoms. The normalized spacial score (nSPS) is 10.9. The van der Waals surface area contributed by atoms with Gasteiger partial charge in [-0.25, -0.2) is 4.98 Å². The lowest BCUT2D eigenvalue weighted by molar-refractivity contribution is 0.355. The van der Waals surface area contributed by atoms with Crippen LogP contribution in [-0.4, -0.2) is 23.8 Å². The zero-order valence-corrected chi connectivity index (χ0v) is 15.8. The maximum atomic E-state index is 5.48. The maximum absolute atomic E-state index is 5.48. The van der Waals surface area contributed by atoms with E-state index in [2.05, 4.69) is 41.8 Å². The van der Waals surface area contributed by atoms with Gasteiger partial charge in [0.2, 0.25) is 0 Å². The van der Waals surface area contributed by atoms with Crippen molar-refractivity contribution in [2.24, 2.45) is 0 Å². The van der Waals surface area contributed by atoms with Gasteiger partial charge in [-0.3, -0.25) is 0 Å². The molecule has 4 heteroatoms. The van der Waals surface area contributed by atoms with Crippen molar-refractivity contribution in [3.05, 3.63) is 77.9 Å².